The molecule has 0 radical (unpaired) electrons. The van der Waals surface area contributed by atoms with E-state index in [1.165, 1.54) is 6.08 Å². The van der Waals surface area contributed by atoms with Gasteiger partial charge in [0.2, 0.25) is 5.91 Å². The van der Waals surface area contributed by atoms with Gasteiger partial charge in [-0.25, -0.2) is 0 Å². The minimum atomic E-state index is -0.277. The predicted octanol–water partition coefficient (Wildman–Crippen LogP) is 3.85. The second-order valence-electron chi connectivity index (χ2n) is 6.93. The first-order valence-electron chi connectivity index (χ1n) is 8.21. The van der Waals surface area contributed by atoms with Gasteiger partial charge in [0.05, 0.1) is 0 Å². The Balaban J connectivity index is 2.21. The van der Waals surface area contributed by atoms with E-state index in [-0.39, 0.29) is 17.4 Å². The lowest BCUT2D eigenvalue weighted by atomic mass is 9.88. The highest BCUT2D eigenvalue weighted by atomic mass is 16.2. The number of benzene rings is 1. The molecule has 0 saturated carbocycles. The van der Waals surface area contributed by atoms with Crippen molar-refractivity contribution < 1.29 is 9.59 Å². The maximum absolute atomic E-state index is 12.9. The van der Waals surface area contributed by atoms with Crippen LogP contribution in [0.15, 0.2) is 36.9 Å². The van der Waals surface area contributed by atoms with E-state index in [1.807, 2.05) is 4.90 Å². The summed E-state index contributed by atoms with van der Waals surface area (Å²) in [5, 5.41) is 2.70. The van der Waals surface area contributed by atoms with Gasteiger partial charge in [0.25, 0.3) is 5.91 Å². The molecule has 1 aromatic rings. The number of amides is 2. The average molecular weight is 314 g/mol. The summed E-state index contributed by atoms with van der Waals surface area (Å²) in [4.78, 5) is 26.4. The van der Waals surface area contributed by atoms with Gasteiger partial charge in [-0.15, -0.1) is 0 Å². The third-order valence-electron chi connectivity index (χ3n) is 4.40. The Morgan fingerprint density at radius 2 is 2.17 bits per heavy atom. The second kappa shape index (κ2) is 6.99. The zero-order chi connectivity index (χ0) is 17.0. The molecule has 0 aliphatic carbocycles. The Bertz CT molecular complexity index is 609. The topological polar surface area (TPSA) is 49.4 Å². The highest BCUT2D eigenvalue weighted by Crippen LogP contribution is 2.35. The normalized spacial score (nSPS) is 20.6. The van der Waals surface area contributed by atoms with E-state index in [0.29, 0.717) is 17.2 Å². The first-order chi connectivity index (χ1) is 10.9. The highest BCUT2D eigenvalue weighted by Gasteiger charge is 2.40. The minimum Gasteiger partial charge on any atom is -0.333 e. The highest BCUT2D eigenvalue weighted by molar-refractivity contribution is 6.01. The molecule has 1 aromatic carbocycles. The summed E-state index contributed by atoms with van der Waals surface area (Å²) in [6.07, 6.45) is 4.31. The number of likely N-dealkylation sites (tertiary alicyclic amines) is 1. The van der Waals surface area contributed by atoms with Crippen molar-refractivity contribution in [1.29, 1.82) is 0 Å². The number of nitrogens with zero attached hydrogens (tertiary/aromatic N) is 1. The lowest BCUT2D eigenvalue weighted by Gasteiger charge is -2.37. The van der Waals surface area contributed by atoms with Crippen molar-refractivity contribution >= 4 is 17.5 Å². The summed E-state index contributed by atoms with van der Waals surface area (Å²) >= 11 is 0. The number of carbonyl (C=O) groups is 2. The average Bonchev–Trinajstić information content (AvgIpc) is 2.87. The number of carbonyl (C=O) groups excluding carboxylic acids is 2. The standard InChI is InChI=1S/C19H26N2O2/c1-5-17(22)20-16-9-6-8-15(12-16)18(23)21-11-7-10-19(21,4)13-14(2)3/h5-6,8-9,12,14H,1,7,10-11,13H2,2-4H3,(H,20,22). The van der Waals surface area contributed by atoms with Crippen LogP contribution in [0.1, 0.15) is 50.4 Å². The van der Waals surface area contributed by atoms with E-state index in [9.17, 15) is 9.59 Å². The van der Waals surface area contributed by atoms with Crippen LogP contribution >= 0.6 is 0 Å². The molecule has 0 spiro atoms. The first-order valence-corrected chi connectivity index (χ1v) is 8.21. The third kappa shape index (κ3) is 4.01. The largest absolute Gasteiger partial charge is 0.333 e. The molecule has 4 heteroatoms. The van der Waals surface area contributed by atoms with Crippen LogP contribution in [-0.2, 0) is 4.79 Å². The molecular formula is C19H26N2O2. The molecule has 1 unspecified atom stereocenters. The van der Waals surface area contributed by atoms with E-state index < -0.39 is 0 Å². The molecule has 1 aliphatic heterocycles. The number of nitrogens with one attached hydrogen (secondary N) is 1. The first kappa shape index (κ1) is 17.3. The van der Waals surface area contributed by atoms with Crippen LogP contribution in [0.4, 0.5) is 5.69 Å². The van der Waals surface area contributed by atoms with Crippen LogP contribution in [0.3, 0.4) is 0 Å². The fourth-order valence-corrected chi connectivity index (χ4v) is 3.54. The number of hydrogen-bond acceptors (Lipinski definition) is 2. The summed E-state index contributed by atoms with van der Waals surface area (Å²) in [5.74, 6) is 0.312. The van der Waals surface area contributed by atoms with Crippen LogP contribution in [0.2, 0.25) is 0 Å². The fourth-order valence-electron chi connectivity index (χ4n) is 3.54. The Morgan fingerprint density at radius 3 is 2.83 bits per heavy atom. The molecule has 1 aliphatic rings. The summed E-state index contributed by atoms with van der Waals surface area (Å²) in [7, 11) is 0. The van der Waals surface area contributed by atoms with E-state index in [0.717, 1.165) is 25.8 Å². The summed E-state index contributed by atoms with van der Waals surface area (Å²) < 4.78 is 0. The van der Waals surface area contributed by atoms with Crippen molar-refractivity contribution in [3.8, 4) is 0 Å². The van der Waals surface area contributed by atoms with Crippen molar-refractivity contribution in [2.75, 3.05) is 11.9 Å². The summed E-state index contributed by atoms with van der Waals surface area (Å²) in [6, 6.07) is 7.11. The molecule has 1 atom stereocenters. The van der Waals surface area contributed by atoms with E-state index in [2.05, 4.69) is 32.7 Å². The lowest BCUT2D eigenvalue weighted by Crippen LogP contribution is -2.45. The monoisotopic (exact) mass is 314 g/mol. The van der Waals surface area contributed by atoms with Gasteiger partial charge in [-0.1, -0.05) is 26.5 Å². The van der Waals surface area contributed by atoms with Crippen molar-refractivity contribution in [2.24, 2.45) is 5.92 Å². The van der Waals surface area contributed by atoms with Crippen molar-refractivity contribution in [2.45, 2.75) is 45.6 Å². The Hall–Kier alpha value is -2.10. The number of hydrogen-bond donors (Lipinski definition) is 1. The zero-order valence-electron chi connectivity index (χ0n) is 14.3. The molecule has 0 aromatic heterocycles. The molecule has 2 rings (SSSR count). The van der Waals surface area contributed by atoms with Gasteiger partial charge < -0.3 is 10.2 Å². The fraction of sp³-hybridized carbons (Fsp3) is 0.474. The van der Waals surface area contributed by atoms with Crippen LogP contribution in [0.5, 0.6) is 0 Å². The van der Waals surface area contributed by atoms with Gasteiger partial charge >= 0.3 is 0 Å². The second-order valence-corrected chi connectivity index (χ2v) is 6.93. The Kier molecular flexibility index (Phi) is 5.24. The molecule has 4 nitrogen and oxygen atoms in total. The smallest absolute Gasteiger partial charge is 0.254 e. The van der Waals surface area contributed by atoms with Crippen molar-refractivity contribution in [1.82, 2.24) is 4.90 Å². The molecule has 124 valence electrons. The van der Waals surface area contributed by atoms with Gasteiger partial charge in [-0.3, -0.25) is 9.59 Å². The third-order valence-corrected chi connectivity index (χ3v) is 4.40. The summed E-state index contributed by atoms with van der Waals surface area (Å²) in [5.41, 5.74) is 1.15. The van der Waals surface area contributed by atoms with E-state index in [4.69, 9.17) is 0 Å². The van der Waals surface area contributed by atoms with Crippen LogP contribution in [0.25, 0.3) is 0 Å². The molecule has 0 bridgehead atoms. The predicted molar refractivity (Wildman–Crippen MR) is 93.4 cm³/mol. The molecule has 1 fully saturated rings. The van der Waals surface area contributed by atoms with Crippen LogP contribution in [-0.4, -0.2) is 28.8 Å². The van der Waals surface area contributed by atoms with Gasteiger partial charge in [-0.05, 0) is 56.4 Å². The minimum absolute atomic E-state index is 0.0420. The molecular weight excluding hydrogens is 288 g/mol. The van der Waals surface area contributed by atoms with Crippen molar-refractivity contribution in [3.05, 3.63) is 42.5 Å². The van der Waals surface area contributed by atoms with Crippen molar-refractivity contribution in [3.63, 3.8) is 0 Å². The molecule has 1 N–H and O–H groups in total. The van der Waals surface area contributed by atoms with E-state index >= 15 is 0 Å². The maximum Gasteiger partial charge on any atom is 0.254 e. The van der Waals surface area contributed by atoms with Crippen LogP contribution in [0, 0.1) is 5.92 Å². The Morgan fingerprint density at radius 1 is 1.43 bits per heavy atom. The van der Waals surface area contributed by atoms with Crippen LogP contribution < -0.4 is 5.32 Å². The van der Waals surface area contributed by atoms with Gasteiger partial charge in [0.15, 0.2) is 0 Å². The molecule has 23 heavy (non-hydrogen) atoms. The zero-order valence-corrected chi connectivity index (χ0v) is 14.3. The van der Waals surface area contributed by atoms with Gasteiger partial charge in [0, 0.05) is 23.3 Å². The van der Waals surface area contributed by atoms with E-state index in [1.54, 1.807) is 24.3 Å². The quantitative estimate of drug-likeness (QED) is 0.839. The Labute approximate surface area is 138 Å². The number of anilines is 1. The maximum atomic E-state index is 12.9. The molecule has 1 saturated heterocycles. The lowest BCUT2D eigenvalue weighted by molar-refractivity contribution is -0.111. The molecule has 2 amide bonds. The summed E-state index contributed by atoms with van der Waals surface area (Å²) in [6.45, 7) is 10.8. The SMILES string of the molecule is C=CC(=O)Nc1cccc(C(=O)N2CCCC2(C)CC(C)C)c1. The van der Waals surface area contributed by atoms with Gasteiger partial charge in [-0.2, -0.15) is 0 Å². The molecule has 1 heterocycles. The number of rotatable bonds is 5. The van der Waals surface area contributed by atoms with Gasteiger partial charge in [0.1, 0.15) is 0 Å².